The van der Waals surface area contributed by atoms with Gasteiger partial charge in [0.05, 0.1) is 19.1 Å². The van der Waals surface area contributed by atoms with Gasteiger partial charge in [0.1, 0.15) is 17.7 Å². The summed E-state index contributed by atoms with van der Waals surface area (Å²) in [4.78, 5) is 12.8. The van der Waals surface area contributed by atoms with Crippen LogP contribution in [0.5, 0.6) is 11.5 Å². The third-order valence-electron chi connectivity index (χ3n) is 4.43. The van der Waals surface area contributed by atoms with Crippen molar-refractivity contribution in [2.75, 3.05) is 33.2 Å². The third-order valence-corrected chi connectivity index (χ3v) is 7.15. The number of ether oxygens (including phenoxy) is 3. The van der Waals surface area contributed by atoms with Gasteiger partial charge < -0.3 is 14.2 Å². The van der Waals surface area contributed by atoms with Crippen molar-refractivity contribution < 1.29 is 27.4 Å². The molecule has 1 atom stereocenters. The molecule has 0 spiro atoms. The van der Waals surface area contributed by atoms with E-state index in [1.807, 2.05) is 0 Å². The fourth-order valence-electron chi connectivity index (χ4n) is 3.08. The molecule has 158 valence electrons. The Bertz CT molecular complexity index is 978. The number of anilines is 1. The fourth-order valence-corrected chi connectivity index (χ4v) is 5.46. The molecule has 2 heterocycles. The molecule has 1 amide bonds. The Morgan fingerprint density at radius 3 is 2.69 bits per heavy atom. The summed E-state index contributed by atoms with van der Waals surface area (Å²) in [7, 11) is 0.536. The van der Waals surface area contributed by atoms with Gasteiger partial charge in [-0.15, -0.1) is 10.2 Å². The molecule has 1 N–H and O–H groups in total. The first kappa shape index (κ1) is 21.4. The maximum Gasteiger partial charge on any atom is 0.244 e. The highest BCUT2D eigenvalue weighted by Crippen LogP contribution is 2.33. The predicted molar refractivity (Wildman–Crippen MR) is 106 cm³/mol. The predicted octanol–water partition coefficient (Wildman–Crippen LogP) is 1.49. The van der Waals surface area contributed by atoms with Crippen LogP contribution in [0.1, 0.15) is 17.8 Å². The van der Waals surface area contributed by atoms with E-state index in [0.29, 0.717) is 34.5 Å². The molecule has 1 unspecified atom stereocenters. The molecule has 3 rings (SSSR count). The number of rotatable bonds is 8. The number of nitrogens with one attached hydrogen (secondary N) is 1. The van der Waals surface area contributed by atoms with Gasteiger partial charge in [-0.05, 0) is 25.0 Å². The maximum atomic E-state index is 13.2. The summed E-state index contributed by atoms with van der Waals surface area (Å²) >= 11 is 1.18. The molecule has 1 fully saturated rings. The first-order valence-corrected chi connectivity index (χ1v) is 11.0. The van der Waals surface area contributed by atoms with Crippen molar-refractivity contribution in [3.05, 3.63) is 23.2 Å². The molecule has 1 saturated heterocycles. The highest BCUT2D eigenvalue weighted by atomic mass is 32.2. The van der Waals surface area contributed by atoms with Gasteiger partial charge in [0.25, 0.3) is 0 Å². The van der Waals surface area contributed by atoms with Crippen LogP contribution in [0.25, 0.3) is 0 Å². The molecule has 2 aromatic rings. The Balaban J connectivity index is 1.80. The zero-order valence-corrected chi connectivity index (χ0v) is 17.9. The van der Waals surface area contributed by atoms with Crippen molar-refractivity contribution in [3.8, 4) is 11.5 Å². The number of carbonyl (C=O) groups is 1. The number of methoxy groups -OCH3 is 3. The van der Waals surface area contributed by atoms with Crippen LogP contribution < -0.4 is 14.8 Å². The fraction of sp³-hybridized carbons (Fsp3) is 0.471. The minimum Gasteiger partial charge on any atom is -0.493 e. The van der Waals surface area contributed by atoms with Crippen LogP contribution in [-0.4, -0.2) is 62.7 Å². The lowest BCUT2D eigenvalue weighted by Crippen LogP contribution is -2.43. The highest BCUT2D eigenvalue weighted by Gasteiger charge is 2.40. The van der Waals surface area contributed by atoms with Crippen LogP contribution in [0, 0.1) is 0 Å². The van der Waals surface area contributed by atoms with Gasteiger partial charge in [-0.25, -0.2) is 8.42 Å². The van der Waals surface area contributed by atoms with E-state index in [-0.39, 0.29) is 18.0 Å². The lowest BCUT2D eigenvalue weighted by molar-refractivity contribution is -0.119. The van der Waals surface area contributed by atoms with Gasteiger partial charge in [0, 0.05) is 19.7 Å². The normalized spacial score (nSPS) is 17.3. The molecule has 0 bridgehead atoms. The van der Waals surface area contributed by atoms with Crippen molar-refractivity contribution in [1.29, 1.82) is 0 Å². The van der Waals surface area contributed by atoms with Crippen molar-refractivity contribution >= 4 is 32.4 Å². The Morgan fingerprint density at radius 2 is 2.00 bits per heavy atom. The second-order valence-electron chi connectivity index (χ2n) is 6.21. The van der Waals surface area contributed by atoms with E-state index >= 15 is 0 Å². The minimum absolute atomic E-state index is 0.0353. The first-order chi connectivity index (χ1) is 13.9. The maximum absolute atomic E-state index is 13.2. The van der Waals surface area contributed by atoms with Gasteiger partial charge in [-0.1, -0.05) is 11.3 Å². The summed E-state index contributed by atoms with van der Waals surface area (Å²) in [6.07, 6.45) is 0.998. The Morgan fingerprint density at radius 1 is 1.24 bits per heavy atom. The van der Waals surface area contributed by atoms with Crippen molar-refractivity contribution in [2.45, 2.75) is 30.4 Å². The van der Waals surface area contributed by atoms with E-state index in [0.717, 1.165) is 0 Å². The Kier molecular flexibility index (Phi) is 6.67. The molecule has 1 aliphatic heterocycles. The largest absolute Gasteiger partial charge is 0.493 e. The SMILES string of the molecule is COCc1nnc(NC(=O)C2CCCN2S(=O)(=O)c2ccc(OC)c(OC)c2)s1. The molecular weight excluding hydrogens is 420 g/mol. The van der Waals surface area contributed by atoms with E-state index in [1.165, 1.54) is 55.2 Å². The average molecular weight is 443 g/mol. The zero-order valence-electron chi connectivity index (χ0n) is 16.2. The lowest BCUT2D eigenvalue weighted by Gasteiger charge is -2.23. The molecule has 0 saturated carbocycles. The molecular formula is C17H22N4O6S2. The van der Waals surface area contributed by atoms with Gasteiger partial charge in [-0.3, -0.25) is 10.1 Å². The molecule has 10 nitrogen and oxygen atoms in total. The number of hydrogen-bond acceptors (Lipinski definition) is 9. The number of sulfonamides is 1. The van der Waals surface area contributed by atoms with E-state index in [2.05, 4.69) is 15.5 Å². The Hall–Kier alpha value is -2.28. The van der Waals surface area contributed by atoms with Gasteiger partial charge in [-0.2, -0.15) is 4.31 Å². The minimum atomic E-state index is -3.90. The topological polar surface area (TPSA) is 120 Å². The molecule has 1 aliphatic rings. The summed E-state index contributed by atoms with van der Waals surface area (Å²) in [6, 6.07) is 3.52. The van der Waals surface area contributed by atoms with Gasteiger partial charge >= 0.3 is 0 Å². The average Bonchev–Trinajstić information content (AvgIpc) is 3.37. The third kappa shape index (κ3) is 4.50. The van der Waals surface area contributed by atoms with Gasteiger partial charge in [0.15, 0.2) is 11.5 Å². The second kappa shape index (κ2) is 9.03. The molecule has 29 heavy (non-hydrogen) atoms. The quantitative estimate of drug-likeness (QED) is 0.653. The number of hydrogen-bond donors (Lipinski definition) is 1. The lowest BCUT2D eigenvalue weighted by atomic mass is 10.2. The summed E-state index contributed by atoms with van der Waals surface area (Å²) in [5.74, 6) is 0.283. The smallest absolute Gasteiger partial charge is 0.244 e. The van der Waals surface area contributed by atoms with E-state index in [9.17, 15) is 13.2 Å². The van der Waals surface area contributed by atoms with E-state index in [1.54, 1.807) is 0 Å². The molecule has 0 radical (unpaired) electrons. The number of aromatic nitrogens is 2. The van der Waals surface area contributed by atoms with Crippen LogP contribution in [0.2, 0.25) is 0 Å². The van der Waals surface area contributed by atoms with Crippen LogP contribution in [0.3, 0.4) is 0 Å². The van der Waals surface area contributed by atoms with Crippen LogP contribution >= 0.6 is 11.3 Å². The zero-order chi connectivity index (χ0) is 21.0. The molecule has 1 aromatic heterocycles. The summed E-state index contributed by atoms with van der Waals surface area (Å²) < 4.78 is 42.9. The van der Waals surface area contributed by atoms with Crippen molar-refractivity contribution in [2.24, 2.45) is 0 Å². The van der Waals surface area contributed by atoms with Crippen LogP contribution in [-0.2, 0) is 26.2 Å². The summed E-state index contributed by atoms with van der Waals surface area (Å²) in [5, 5.41) is 11.4. The molecule has 1 aromatic carbocycles. The van der Waals surface area contributed by atoms with E-state index in [4.69, 9.17) is 14.2 Å². The first-order valence-electron chi connectivity index (χ1n) is 8.76. The molecule has 12 heteroatoms. The number of amides is 1. The van der Waals surface area contributed by atoms with Crippen molar-refractivity contribution in [1.82, 2.24) is 14.5 Å². The molecule has 0 aliphatic carbocycles. The monoisotopic (exact) mass is 442 g/mol. The second-order valence-corrected chi connectivity index (χ2v) is 9.17. The van der Waals surface area contributed by atoms with E-state index < -0.39 is 22.0 Å². The van der Waals surface area contributed by atoms with Crippen molar-refractivity contribution in [3.63, 3.8) is 0 Å². The standard InChI is InChI=1S/C17H22N4O6S2/c1-25-10-15-19-20-17(28-15)18-16(22)12-5-4-8-21(12)29(23,24)11-6-7-13(26-2)14(9-11)27-3/h6-7,9,12H,4-5,8,10H2,1-3H3,(H,18,20,22). The Labute approximate surface area is 172 Å². The van der Waals surface area contributed by atoms with Crippen LogP contribution in [0.4, 0.5) is 5.13 Å². The summed E-state index contributed by atoms with van der Waals surface area (Å²) in [6.45, 7) is 0.538. The number of carbonyl (C=O) groups excluding carboxylic acids is 1. The number of benzene rings is 1. The highest BCUT2D eigenvalue weighted by molar-refractivity contribution is 7.89. The number of nitrogens with zero attached hydrogens (tertiary/aromatic N) is 3. The van der Waals surface area contributed by atoms with Gasteiger partial charge in [0.2, 0.25) is 21.1 Å². The summed E-state index contributed by atoms with van der Waals surface area (Å²) in [5.41, 5.74) is 0. The van der Waals surface area contributed by atoms with Crippen LogP contribution in [0.15, 0.2) is 23.1 Å².